The summed E-state index contributed by atoms with van der Waals surface area (Å²) in [6.45, 7) is 2.20. The van der Waals surface area contributed by atoms with E-state index in [9.17, 15) is 9.59 Å². The first-order valence-corrected chi connectivity index (χ1v) is 8.53. The van der Waals surface area contributed by atoms with Crippen LogP contribution >= 0.6 is 23.1 Å². The van der Waals surface area contributed by atoms with Crippen molar-refractivity contribution in [3.8, 4) is 0 Å². The number of benzene rings is 1. The second-order valence-corrected chi connectivity index (χ2v) is 6.33. The summed E-state index contributed by atoms with van der Waals surface area (Å²) in [5, 5.41) is 0. The highest BCUT2D eigenvalue weighted by atomic mass is 32.2. The van der Waals surface area contributed by atoms with Crippen LogP contribution < -0.4 is 4.80 Å². The van der Waals surface area contributed by atoms with Gasteiger partial charge in [-0.1, -0.05) is 11.3 Å². The number of carbonyl (C=O) groups excluding carboxylic acids is 2. The van der Waals surface area contributed by atoms with Crippen LogP contribution in [0.4, 0.5) is 0 Å². The van der Waals surface area contributed by atoms with E-state index >= 15 is 0 Å². The average molecular weight is 324 g/mol. The quantitative estimate of drug-likeness (QED) is 0.810. The van der Waals surface area contributed by atoms with Gasteiger partial charge in [0, 0.05) is 19.2 Å². The summed E-state index contributed by atoms with van der Waals surface area (Å²) in [5.41, 5.74) is 1.47. The molecule has 0 aliphatic heterocycles. The van der Waals surface area contributed by atoms with Gasteiger partial charge in [0.15, 0.2) is 4.80 Å². The van der Waals surface area contributed by atoms with Crippen LogP contribution in [0, 0.1) is 0 Å². The minimum absolute atomic E-state index is 0.229. The number of hydrogen-bond donors (Lipinski definition) is 0. The van der Waals surface area contributed by atoms with E-state index in [0.717, 1.165) is 22.5 Å². The summed E-state index contributed by atoms with van der Waals surface area (Å²) < 4.78 is 7.66. The molecule has 0 unspecified atom stereocenters. The number of hydrogen-bond acceptors (Lipinski definition) is 5. The van der Waals surface area contributed by atoms with Gasteiger partial charge in [-0.05, 0) is 24.5 Å². The Morgan fingerprint density at radius 1 is 1.43 bits per heavy atom. The molecular weight excluding hydrogens is 308 g/mol. The van der Waals surface area contributed by atoms with Gasteiger partial charge < -0.3 is 9.30 Å². The smallest absolute Gasteiger partial charge is 0.337 e. The van der Waals surface area contributed by atoms with Crippen molar-refractivity contribution in [1.29, 1.82) is 0 Å². The molecule has 1 amide bonds. The van der Waals surface area contributed by atoms with Crippen LogP contribution in [0.25, 0.3) is 10.2 Å². The van der Waals surface area contributed by atoms with Crippen LogP contribution in [0.5, 0.6) is 0 Å². The molecule has 2 rings (SSSR count). The van der Waals surface area contributed by atoms with E-state index in [1.807, 2.05) is 16.9 Å². The molecule has 0 N–H and O–H groups in total. The number of rotatable bonds is 4. The fourth-order valence-electron chi connectivity index (χ4n) is 1.94. The van der Waals surface area contributed by atoms with E-state index in [-0.39, 0.29) is 11.9 Å². The van der Waals surface area contributed by atoms with Crippen LogP contribution in [-0.4, -0.2) is 35.6 Å². The van der Waals surface area contributed by atoms with Crippen molar-refractivity contribution >= 4 is 45.2 Å². The van der Waals surface area contributed by atoms with Gasteiger partial charge in [-0.15, -0.1) is 0 Å². The van der Waals surface area contributed by atoms with E-state index in [4.69, 9.17) is 4.74 Å². The number of thiazole rings is 1. The van der Waals surface area contributed by atoms with Crippen LogP contribution in [0.1, 0.15) is 17.3 Å². The van der Waals surface area contributed by atoms with Crippen LogP contribution in [-0.2, 0) is 16.1 Å². The van der Waals surface area contributed by atoms with E-state index in [1.54, 1.807) is 23.9 Å². The molecular formula is C14H16N2O3S2. The topological polar surface area (TPSA) is 60.7 Å². The molecule has 1 aromatic heterocycles. The Bertz CT molecular complexity index is 746. The number of aryl methyl sites for hydroxylation is 1. The van der Waals surface area contributed by atoms with Gasteiger partial charge in [0.05, 0.1) is 22.9 Å². The van der Waals surface area contributed by atoms with Gasteiger partial charge in [0.1, 0.15) is 0 Å². The first-order valence-electron chi connectivity index (χ1n) is 6.32. The van der Waals surface area contributed by atoms with E-state index < -0.39 is 0 Å². The van der Waals surface area contributed by atoms with Gasteiger partial charge in [-0.2, -0.15) is 16.8 Å². The van der Waals surface area contributed by atoms with Gasteiger partial charge in [-0.3, -0.25) is 4.79 Å². The number of carbonyl (C=O) groups is 2. The number of fused-ring (bicyclic) bond motifs is 1. The number of amides is 1. The summed E-state index contributed by atoms with van der Waals surface area (Å²) in [5.74, 6) is 0.328. The number of ether oxygens (including phenoxy) is 1. The monoisotopic (exact) mass is 324 g/mol. The van der Waals surface area contributed by atoms with Crippen molar-refractivity contribution in [1.82, 2.24) is 4.57 Å². The van der Waals surface area contributed by atoms with Crippen molar-refractivity contribution < 1.29 is 14.3 Å². The average Bonchev–Trinajstić information content (AvgIpc) is 2.79. The second kappa shape index (κ2) is 6.91. The highest BCUT2D eigenvalue weighted by Crippen LogP contribution is 2.20. The van der Waals surface area contributed by atoms with Gasteiger partial charge in [-0.25, -0.2) is 4.79 Å². The minimum atomic E-state index is -0.369. The molecule has 5 nitrogen and oxygen atoms in total. The Morgan fingerprint density at radius 2 is 2.19 bits per heavy atom. The first kappa shape index (κ1) is 15.8. The van der Waals surface area contributed by atoms with Crippen molar-refractivity contribution in [3.05, 3.63) is 28.6 Å². The molecule has 0 aliphatic rings. The van der Waals surface area contributed by atoms with Crippen LogP contribution in [0.15, 0.2) is 23.2 Å². The molecule has 0 radical (unpaired) electrons. The summed E-state index contributed by atoms with van der Waals surface area (Å²) in [6.07, 6.45) is 2.03. The Morgan fingerprint density at radius 3 is 2.81 bits per heavy atom. The highest BCUT2D eigenvalue weighted by molar-refractivity contribution is 7.98. The highest BCUT2D eigenvalue weighted by Gasteiger charge is 2.11. The fourth-order valence-corrected chi connectivity index (χ4v) is 3.44. The Hall–Kier alpha value is -1.60. The van der Waals surface area contributed by atoms with E-state index in [2.05, 4.69) is 4.99 Å². The summed E-state index contributed by atoms with van der Waals surface area (Å²) >= 11 is 3.13. The lowest BCUT2D eigenvalue weighted by Crippen LogP contribution is -2.17. The Labute approximate surface area is 130 Å². The van der Waals surface area contributed by atoms with E-state index in [1.165, 1.54) is 25.4 Å². The molecule has 7 heteroatoms. The lowest BCUT2D eigenvalue weighted by molar-refractivity contribution is -0.116. The van der Waals surface area contributed by atoms with Gasteiger partial charge in [0.2, 0.25) is 5.91 Å². The number of nitrogens with zero attached hydrogens (tertiary/aromatic N) is 2. The zero-order valence-electron chi connectivity index (χ0n) is 12.1. The summed E-state index contributed by atoms with van der Waals surface area (Å²) in [6, 6.07) is 5.38. The molecule has 1 aromatic carbocycles. The molecule has 112 valence electrons. The van der Waals surface area contributed by atoms with Gasteiger partial charge >= 0.3 is 5.97 Å². The molecule has 0 aliphatic carbocycles. The zero-order chi connectivity index (χ0) is 15.4. The number of aromatic nitrogens is 1. The Kier molecular flexibility index (Phi) is 5.19. The molecule has 0 fully saturated rings. The Balaban J connectivity index is 2.61. The third-order valence-electron chi connectivity index (χ3n) is 2.88. The third kappa shape index (κ3) is 3.54. The predicted molar refractivity (Wildman–Crippen MR) is 85.8 cm³/mol. The lowest BCUT2D eigenvalue weighted by Gasteiger charge is -2.04. The van der Waals surface area contributed by atoms with Crippen molar-refractivity contribution in [3.63, 3.8) is 0 Å². The minimum Gasteiger partial charge on any atom is -0.465 e. The third-order valence-corrected chi connectivity index (χ3v) is 4.51. The van der Waals surface area contributed by atoms with Crippen molar-refractivity contribution in [2.45, 2.75) is 13.5 Å². The van der Waals surface area contributed by atoms with Crippen LogP contribution in [0.2, 0.25) is 0 Å². The largest absolute Gasteiger partial charge is 0.465 e. The van der Waals surface area contributed by atoms with E-state index in [0.29, 0.717) is 10.4 Å². The molecule has 0 atom stereocenters. The first-order chi connectivity index (χ1) is 10.1. The maximum Gasteiger partial charge on any atom is 0.337 e. The van der Waals surface area contributed by atoms with Crippen molar-refractivity contribution in [2.75, 3.05) is 19.1 Å². The number of methoxy groups -OCH3 is 1. The maximum absolute atomic E-state index is 11.6. The summed E-state index contributed by atoms with van der Waals surface area (Å²) in [4.78, 5) is 27.6. The normalized spacial score (nSPS) is 11.9. The SMILES string of the molecule is COC(=O)c1ccc2c(c1)sc(=NC(C)=O)n2CCSC. The van der Waals surface area contributed by atoms with Crippen LogP contribution in [0.3, 0.4) is 0 Å². The predicted octanol–water partition coefficient (Wildman–Crippen LogP) is 2.30. The molecule has 2 aromatic rings. The number of esters is 1. The second-order valence-electron chi connectivity index (χ2n) is 4.33. The molecule has 21 heavy (non-hydrogen) atoms. The summed E-state index contributed by atoms with van der Waals surface area (Å²) in [7, 11) is 1.36. The maximum atomic E-state index is 11.6. The lowest BCUT2D eigenvalue weighted by atomic mass is 10.2. The van der Waals surface area contributed by atoms with Gasteiger partial charge in [0.25, 0.3) is 0 Å². The molecule has 0 spiro atoms. The van der Waals surface area contributed by atoms with Crippen molar-refractivity contribution in [2.24, 2.45) is 4.99 Å². The number of thioether (sulfide) groups is 1. The molecule has 1 heterocycles. The standard InChI is InChI=1S/C14H16N2O3S2/c1-9(17)15-14-16(6-7-20-3)11-5-4-10(13(18)19-2)8-12(11)21-14/h4-5,8H,6-7H2,1-3H3. The molecule has 0 saturated heterocycles. The fraction of sp³-hybridized carbons (Fsp3) is 0.357. The molecule has 0 bridgehead atoms. The molecule has 0 saturated carbocycles. The zero-order valence-corrected chi connectivity index (χ0v) is 13.7.